The van der Waals surface area contributed by atoms with E-state index in [0.717, 1.165) is 10.9 Å². The standard InChI is InChI=1S/C19H15BrN2/c1-22-17-5-3-2-4-16(17)19-14(11-21-12-18(19)22)10-13-6-8-15(20)9-7-13/h2-9,11-12H,10H2,1H3. The third kappa shape index (κ3) is 2.13. The first-order valence-electron chi connectivity index (χ1n) is 7.28. The number of hydrogen-bond donors (Lipinski definition) is 0. The molecule has 0 unspecified atom stereocenters. The number of aromatic nitrogens is 2. The van der Waals surface area contributed by atoms with Crippen molar-refractivity contribution in [3.63, 3.8) is 0 Å². The van der Waals surface area contributed by atoms with Gasteiger partial charge in [0.25, 0.3) is 0 Å². The molecule has 4 rings (SSSR count). The van der Waals surface area contributed by atoms with E-state index in [1.54, 1.807) is 0 Å². The first kappa shape index (κ1) is 13.5. The topological polar surface area (TPSA) is 17.8 Å². The van der Waals surface area contributed by atoms with E-state index >= 15 is 0 Å². The van der Waals surface area contributed by atoms with Gasteiger partial charge in [-0.05, 0) is 35.7 Å². The van der Waals surface area contributed by atoms with Gasteiger partial charge in [0, 0.05) is 34.0 Å². The molecule has 0 aliphatic heterocycles. The minimum Gasteiger partial charge on any atom is -0.342 e. The Balaban J connectivity index is 1.94. The molecule has 0 N–H and O–H groups in total. The number of aryl methyl sites for hydroxylation is 1. The summed E-state index contributed by atoms with van der Waals surface area (Å²) >= 11 is 3.49. The van der Waals surface area contributed by atoms with Crippen molar-refractivity contribution in [2.24, 2.45) is 7.05 Å². The number of fused-ring (bicyclic) bond motifs is 3. The van der Waals surface area contributed by atoms with Crippen LogP contribution < -0.4 is 0 Å². The van der Waals surface area contributed by atoms with Gasteiger partial charge in [-0.15, -0.1) is 0 Å². The molecule has 0 saturated heterocycles. The van der Waals surface area contributed by atoms with E-state index < -0.39 is 0 Å². The van der Waals surface area contributed by atoms with Gasteiger partial charge in [-0.25, -0.2) is 0 Å². The maximum atomic E-state index is 4.45. The van der Waals surface area contributed by atoms with E-state index in [1.165, 1.54) is 32.9 Å². The van der Waals surface area contributed by atoms with Gasteiger partial charge >= 0.3 is 0 Å². The highest BCUT2D eigenvalue weighted by Crippen LogP contribution is 2.31. The number of halogens is 1. The fraction of sp³-hybridized carbons (Fsp3) is 0.105. The molecule has 0 bridgehead atoms. The number of benzene rings is 2. The predicted molar refractivity (Wildman–Crippen MR) is 95.2 cm³/mol. The Labute approximate surface area is 137 Å². The van der Waals surface area contributed by atoms with Crippen LogP contribution in [0.15, 0.2) is 65.4 Å². The molecule has 0 radical (unpaired) electrons. The van der Waals surface area contributed by atoms with E-state index in [2.05, 4.69) is 81.1 Å². The molecule has 0 fully saturated rings. The Morgan fingerprint density at radius 1 is 0.955 bits per heavy atom. The third-order valence-corrected chi connectivity index (χ3v) is 4.74. The number of nitrogens with zero attached hydrogens (tertiary/aromatic N) is 2. The first-order valence-corrected chi connectivity index (χ1v) is 8.08. The Morgan fingerprint density at radius 3 is 2.55 bits per heavy atom. The van der Waals surface area contributed by atoms with Crippen LogP contribution in [0.25, 0.3) is 21.8 Å². The van der Waals surface area contributed by atoms with E-state index in [9.17, 15) is 0 Å². The van der Waals surface area contributed by atoms with Crippen molar-refractivity contribution in [2.75, 3.05) is 0 Å². The molecule has 2 aromatic carbocycles. The molecule has 108 valence electrons. The number of rotatable bonds is 2. The summed E-state index contributed by atoms with van der Waals surface area (Å²) in [4.78, 5) is 4.45. The third-order valence-electron chi connectivity index (χ3n) is 4.21. The van der Waals surface area contributed by atoms with Crippen LogP contribution in [0.2, 0.25) is 0 Å². The van der Waals surface area contributed by atoms with Crippen molar-refractivity contribution in [1.82, 2.24) is 9.55 Å². The smallest absolute Gasteiger partial charge is 0.0678 e. The van der Waals surface area contributed by atoms with Crippen LogP contribution in [-0.4, -0.2) is 9.55 Å². The second kappa shape index (κ2) is 5.25. The SMILES string of the molecule is Cn1c2ccccc2c2c(Cc3ccc(Br)cc3)cncc21. The van der Waals surface area contributed by atoms with E-state index in [4.69, 9.17) is 0 Å². The molecule has 3 heteroatoms. The molecule has 2 nitrogen and oxygen atoms in total. The Bertz CT molecular complexity index is 968. The van der Waals surface area contributed by atoms with Crippen LogP contribution in [0, 0.1) is 0 Å². The molecule has 0 saturated carbocycles. The van der Waals surface area contributed by atoms with Gasteiger partial charge in [0.2, 0.25) is 0 Å². The summed E-state index contributed by atoms with van der Waals surface area (Å²) in [5.41, 5.74) is 5.01. The average molecular weight is 351 g/mol. The largest absolute Gasteiger partial charge is 0.342 e. The maximum absolute atomic E-state index is 4.45. The monoisotopic (exact) mass is 350 g/mol. The molecule has 0 amide bonds. The summed E-state index contributed by atoms with van der Waals surface area (Å²) in [7, 11) is 2.11. The summed E-state index contributed by atoms with van der Waals surface area (Å²) in [6.07, 6.45) is 4.85. The fourth-order valence-electron chi connectivity index (χ4n) is 3.12. The summed E-state index contributed by atoms with van der Waals surface area (Å²) < 4.78 is 3.33. The molecular formula is C19H15BrN2. The minimum absolute atomic E-state index is 0.894. The van der Waals surface area contributed by atoms with Gasteiger partial charge < -0.3 is 4.57 Å². The van der Waals surface area contributed by atoms with Crippen molar-refractivity contribution >= 4 is 37.7 Å². The van der Waals surface area contributed by atoms with Gasteiger partial charge in [0.1, 0.15) is 0 Å². The Kier molecular flexibility index (Phi) is 3.23. The second-order valence-corrected chi connectivity index (χ2v) is 6.49. The number of pyridine rings is 1. The van der Waals surface area contributed by atoms with E-state index in [-0.39, 0.29) is 0 Å². The number of para-hydroxylation sites is 1. The summed E-state index contributed by atoms with van der Waals surface area (Å²) in [5, 5.41) is 2.62. The lowest BCUT2D eigenvalue weighted by molar-refractivity contribution is 1.01. The summed E-state index contributed by atoms with van der Waals surface area (Å²) in [6, 6.07) is 17.1. The van der Waals surface area contributed by atoms with Crippen LogP contribution in [0.5, 0.6) is 0 Å². The Morgan fingerprint density at radius 2 is 1.73 bits per heavy atom. The minimum atomic E-state index is 0.894. The zero-order valence-electron chi connectivity index (χ0n) is 12.3. The molecular weight excluding hydrogens is 336 g/mol. The van der Waals surface area contributed by atoms with Gasteiger partial charge in [-0.1, -0.05) is 46.3 Å². The first-order chi connectivity index (χ1) is 10.7. The zero-order valence-corrected chi connectivity index (χ0v) is 13.8. The lowest BCUT2D eigenvalue weighted by Crippen LogP contribution is -1.92. The maximum Gasteiger partial charge on any atom is 0.0678 e. The average Bonchev–Trinajstić information content (AvgIpc) is 2.84. The number of hydrogen-bond acceptors (Lipinski definition) is 1. The molecule has 0 atom stereocenters. The molecule has 0 spiro atoms. The predicted octanol–water partition coefficient (Wildman–Crippen LogP) is 5.08. The molecule has 2 aromatic heterocycles. The zero-order chi connectivity index (χ0) is 15.1. The highest BCUT2D eigenvalue weighted by molar-refractivity contribution is 9.10. The van der Waals surface area contributed by atoms with Crippen LogP contribution in [-0.2, 0) is 13.5 Å². The summed E-state index contributed by atoms with van der Waals surface area (Å²) in [5.74, 6) is 0. The fourth-order valence-corrected chi connectivity index (χ4v) is 3.38. The normalized spacial score (nSPS) is 11.4. The molecule has 0 aliphatic carbocycles. The van der Waals surface area contributed by atoms with Crippen molar-refractivity contribution in [1.29, 1.82) is 0 Å². The van der Waals surface area contributed by atoms with Crippen molar-refractivity contribution in [3.8, 4) is 0 Å². The van der Waals surface area contributed by atoms with Gasteiger partial charge in [0.15, 0.2) is 0 Å². The van der Waals surface area contributed by atoms with Gasteiger partial charge in [-0.2, -0.15) is 0 Å². The summed E-state index contributed by atoms with van der Waals surface area (Å²) in [6.45, 7) is 0. The molecule has 22 heavy (non-hydrogen) atoms. The second-order valence-electron chi connectivity index (χ2n) is 5.57. The van der Waals surface area contributed by atoms with Crippen LogP contribution >= 0.6 is 15.9 Å². The lowest BCUT2D eigenvalue weighted by atomic mass is 10.0. The van der Waals surface area contributed by atoms with Crippen LogP contribution in [0.1, 0.15) is 11.1 Å². The van der Waals surface area contributed by atoms with Crippen molar-refractivity contribution in [2.45, 2.75) is 6.42 Å². The van der Waals surface area contributed by atoms with E-state index in [0.29, 0.717) is 0 Å². The molecule has 2 heterocycles. The molecule has 4 aromatic rings. The Hall–Kier alpha value is -2.13. The molecule has 0 aliphatic rings. The van der Waals surface area contributed by atoms with E-state index in [1.807, 2.05) is 12.4 Å². The van der Waals surface area contributed by atoms with Crippen molar-refractivity contribution < 1.29 is 0 Å². The van der Waals surface area contributed by atoms with Gasteiger partial charge in [-0.3, -0.25) is 4.98 Å². The quantitative estimate of drug-likeness (QED) is 0.492. The van der Waals surface area contributed by atoms with Gasteiger partial charge in [0.05, 0.1) is 11.7 Å². The highest BCUT2D eigenvalue weighted by Gasteiger charge is 2.12. The van der Waals surface area contributed by atoms with Crippen LogP contribution in [0.3, 0.4) is 0 Å². The van der Waals surface area contributed by atoms with Crippen molar-refractivity contribution in [3.05, 3.63) is 76.5 Å². The lowest BCUT2D eigenvalue weighted by Gasteiger charge is -2.05. The van der Waals surface area contributed by atoms with Crippen LogP contribution in [0.4, 0.5) is 0 Å². The highest BCUT2D eigenvalue weighted by atomic mass is 79.9.